The lowest BCUT2D eigenvalue weighted by Gasteiger charge is -2.11. The Bertz CT molecular complexity index is 820. The first kappa shape index (κ1) is 15.4. The van der Waals surface area contributed by atoms with Gasteiger partial charge in [-0.25, -0.2) is 4.98 Å². The maximum Gasteiger partial charge on any atom is 0.417 e. The SMILES string of the molecule is CC(C)Oc1ccc(-c2cnc3ccc(C(F)(F)F)cn23)cc1. The third kappa shape index (κ3) is 3.16. The fraction of sp³-hybridized carbons (Fsp3) is 0.235. The van der Waals surface area contributed by atoms with Crippen molar-refractivity contribution in [3.63, 3.8) is 0 Å². The Morgan fingerprint density at radius 3 is 2.35 bits per heavy atom. The Balaban J connectivity index is 2.02. The average Bonchev–Trinajstić information content (AvgIpc) is 2.89. The topological polar surface area (TPSA) is 26.5 Å². The van der Waals surface area contributed by atoms with E-state index in [-0.39, 0.29) is 6.10 Å². The highest BCUT2D eigenvalue weighted by molar-refractivity contribution is 5.64. The van der Waals surface area contributed by atoms with E-state index < -0.39 is 11.7 Å². The van der Waals surface area contributed by atoms with E-state index in [9.17, 15) is 13.2 Å². The van der Waals surface area contributed by atoms with E-state index in [1.807, 2.05) is 13.8 Å². The van der Waals surface area contributed by atoms with E-state index in [0.29, 0.717) is 17.1 Å². The van der Waals surface area contributed by atoms with Crippen LogP contribution in [-0.2, 0) is 6.18 Å². The molecular weight excluding hydrogens is 305 g/mol. The van der Waals surface area contributed by atoms with Crippen LogP contribution < -0.4 is 4.74 Å². The molecule has 2 heterocycles. The van der Waals surface area contributed by atoms with Gasteiger partial charge in [0.2, 0.25) is 0 Å². The number of benzene rings is 1. The summed E-state index contributed by atoms with van der Waals surface area (Å²) in [4.78, 5) is 4.15. The number of pyridine rings is 1. The minimum absolute atomic E-state index is 0.0611. The zero-order valence-corrected chi connectivity index (χ0v) is 12.6. The summed E-state index contributed by atoms with van der Waals surface area (Å²) in [6, 6.07) is 9.60. The van der Waals surface area contributed by atoms with Gasteiger partial charge in [-0.05, 0) is 50.2 Å². The van der Waals surface area contributed by atoms with Gasteiger partial charge in [0.05, 0.1) is 23.6 Å². The van der Waals surface area contributed by atoms with Crippen molar-refractivity contribution in [2.75, 3.05) is 0 Å². The van der Waals surface area contributed by atoms with Crippen molar-refractivity contribution in [1.29, 1.82) is 0 Å². The second-order valence-corrected chi connectivity index (χ2v) is 5.48. The van der Waals surface area contributed by atoms with E-state index in [4.69, 9.17) is 4.74 Å². The molecule has 0 atom stereocenters. The molecule has 0 N–H and O–H groups in total. The lowest BCUT2D eigenvalue weighted by Crippen LogP contribution is -2.06. The number of hydrogen-bond acceptors (Lipinski definition) is 2. The summed E-state index contributed by atoms with van der Waals surface area (Å²) in [6.07, 6.45) is -1.69. The number of aromatic nitrogens is 2. The Hall–Kier alpha value is -2.50. The Morgan fingerprint density at radius 2 is 1.74 bits per heavy atom. The molecule has 0 radical (unpaired) electrons. The summed E-state index contributed by atoms with van der Waals surface area (Å²) in [7, 11) is 0. The Kier molecular flexibility index (Phi) is 3.75. The molecule has 0 saturated heterocycles. The monoisotopic (exact) mass is 320 g/mol. The highest BCUT2D eigenvalue weighted by Gasteiger charge is 2.31. The van der Waals surface area contributed by atoms with Gasteiger partial charge in [0.1, 0.15) is 11.4 Å². The van der Waals surface area contributed by atoms with Crippen LogP contribution in [0.4, 0.5) is 13.2 Å². The molecule has 2 aromatic heterocycles. The highest BCUT2D eigenvalue weighted by atomic mass is 19.4. The number of rotatable bonds is 3. The molecule has 0 amide bonds. The van der Waals surface area contributed by atoms with Crippen LogP contribution in [0.25, 0.3) is 16.9 Å². The molecule has 0 bridgehead atoms. The molecule has 3 rings (SSSR count). The molecule has 3 nitrogen and oxygen atoms in total. The van der Waals surface area contributed by atoms with E-state index in [0.717, 1.165) is 17.8 Å². The molecular formula is C17H15F3N2O. The molecule has 0 saturated carbocycles. The van der Waals surface area contributed by atoms with Crippen LogP contribution in [0.5, 0.6) is 5.75 Å². The number of halogens is 3. The third-order valence-corrected chi connectivity index (χ3v) is 3.35. The standard InChI is InChI=1S/C17H15F3N2O/c1-11(2)23-14-6-3-12(4-7-14)15-9-21-16-8-5-13(10-22(15)16)17(18,19)20/h3-11H,1-2H3. The van der Waals surface area contributed by atoms with Crippen molar-refractivity contribution in [3.8, 4) is 17.0 Å². The number of alkyl halides is 3. The van der Waals surface area contributed by atoms with Gasteiger partial charge in [0.15, 0.2) is 0 Å². The first-order valence-corrected chi connectivity index (χ1v) is 7.16. The predicted molar refractivity (Wildman–Crippen MR) is 81.4 cm³/mol. The van der Waals surface area contributed by atoms with Crippen molar-refractivity contribution in [1.82, 2.24) is 9.38 Å². The highest BCUT2D eigenvalue weighted by Crippen LogP contribution is 2.31. The Labute approximate surface area is 131 Å². The quantitative estimate of drug-likeness (QED) is 0.692. The first-order valence-electron chi connectivity index (χ1n) is 7.16. The molecule has 120 valence electrons. The summed E-state index contributed by atoms with van der Waals surface area (Å²) in [6.45, 7) is 3.86. The molecule has 0 aliphatic heterocycles. The molecule has 6 heteroatoms. The van der Waals surface area contributed by atoms with Gasteiger partial charge in [-0.2, -0.15) is 13.2 Å². The van der Waals surface area contributed by atoms with E-state index in [1.165, 1.54) is 10.5 Å². The first-order chi connectivity index (χ1) is 10.8. The van der Waals surface area contributed by atoms with Gasteiger partial charge in [-0.15, -0.1) is 0 Å². The summed E-state index contributed by atoms with van der Waals surface area (Å²) in [5.41, 5.74) is 1.13. The van der Waals surface area contributed by atoms with E-state index in [2.05, 4.69) is 4.98 Å². The lowest BCUT2D eigenvalue weighted by atomic mass is 10.1. The fourth-order valence-electron chi connectivity index (χ4n) is 2.34. The van der Waals surface area contributed by atoms with Crippen LogP contribution in [0.15, 0.2) is 48.8 Å². The number of fused-ring (bicyclic) bond motifs is 1. The number of hydrogen-bond donors (Lipinski definition) is 0. The fourth-order valence-corrected chi connectivity index (χ4v) is 2.34. The summed E-state index contributed by atoms with van der Waals surface area (Å²) >= 11 is 0. The van der Waals surface area contributed by atoms with Crippen LogP contribution in [0.1, 0.15) is 19.4 Å². The smallest absolute Gasteiger partial charge is 0.417 e. The summed E-state index contributed by atoms with van der Waals surface area (Å²) < 4.78 is 45.7. The molecule has 0 fully saturated rings. The largest absolute Gasteiger partial charge is 0.491 e. The van der Waals surface area contributed by atoms with Crippen LogP contribution in [0.2, 0.25) is 0 Å². The van der Waals surface area contributed by atoms with Crippen molar-refractivity contribution >= 4 is 5.65 Å². The van der Waals surface area contributed by atoms with Crippen molar-refractivity contribution in [2.45, 2.75) is 26.1 Å². The van der Waals surface area contributed by atoms with Crippen LogP contribution in [0, 0.1) is 0 Å². The van der Waals surface area contributed by atoms with Crippen molar-refractivity contribution in [3.05, 3.63) is 54.4 Å². The molecule has 0 aliphatic carbocycles. The van der Waals surface area contributed by atoms with Crippen molar-refractivity contribution in [2.24, 2.45) is 0 Å². The molecule has 3 aromatic rings. The third-order valence-electron chi connectivity index (χ3n) is 3.35. The average molecular weight is 320 g/mol. The van der Waals surface area contributed by atoms with E-state index >= 15 is 0 Å². The second kappa shape index (κ2) is 5.61. The Morgan fingerprint density at radius 1 is 1.04 bits per heavy atom. The van der Waals surface area contributed by atoms with E-state index in [1.54, 1.807) is 30.5 Å². The zero-order chi connectivity index (χ0) is 16.6. The zero-order valence-electron chi connectivity index (χ0n) is 12.6. The van der Waals surface area contributed by atoms with Gasteiger partial charge in [0, 0.05) is 11.8 Å². The molecule has 0 aliphatic rings. The number of imidazole rings is 1. The second-order valence-electron chi connectivity index (χ2n) is 5.48. The molecule has 0 spiro atoms. The number of ether oxygens (including phenoxy) is 1. The van der Waals surface area contributed by atoms with Gasteiger partial charge < -0.3 is 4.74 Å². The minimum Gasteiger partial charge on any atom is -0.491 e. The van der Waals surface area contributed by atoms with Gasteiger partial charge >= 0.3 is 6.18 Å². The summed E-state index contributed by atoms with van der Waals surface area (Å²) in [5, 5.41) is 0. The lowest BCUT2D eigenvalue weighted by molar-refractivity contribution is -0.137. The molecule has 0 unspecified atom stereocenters. The molecule has 1 aromatic carbocycles. The van der Waals surface area contributed by atoms with Crippen LogP contribution in [0.3, 0.4) is 0 Å². The van der Waals surface area contributed by atoms with Crippen LogP contribution >= 0.6 is 0 Å². The molecule has 23 heavy (non-hydrogen) atoms. The van der Waals surface area contributed by atoms with Gasteiger partial charge in [-0.3, -0.25) is 4.40 Å². The van der Waals surface area contributed by atoms with Crippen molar-refractivity contribution < 1.29 is 17.9 Å². The van der Waals surface area contributed by atoms with Crippen LogP contribution in [-0.4, -0.2) is 15.5 Å². The number of nitrogens with zero attached hydrogens (tertiary/aromatic N) is 2. The van der Waals surface area contributed by atoms with Gasteiger partial charge in [0.25, 0.3) is 0 Å². The predicted octanol–water partition coefficient (Wildman–Crippen LogP) is 4.81. The summed E-state index contributed by atoms with van der Waals surface area (Å²) in [5.74, 6) is 0.716. The minimum atomic E-state index is -4.38. The normalized spacial score (nSPS) is 12.1. The maximum atomic E-state index is 12.9. The maximum absolute atomic E-state index is 12.9. The van der Waals surface area contributed by atoms with Gasteiger partial charge in [-0.1, -0.05) is 0 Å².